The van der Waals surface area contributed by atoms with Crippen molar-refractivity contribution in [1.82, 2.24) is 10.3 Å². The maximum atomic E-state index is 12.7. The Morgan fingerprint density at radius 1 is 1.38 bits per heavy atom. The topological polar surface area (TPSA) is 80.8 Å². The molecular formula is C21H24ClN3O4. The molecule has 0 spiro atoms. The van der Waals surface area contributed by atoms with Gasteiger partial charge in [-0.15, -0.1) is 0 Å². The van der Waals surface area contributed by atoms with Crippen LogP contribution >= 0.6 is 11.6 Å². The van der Waals surface area contributed by atoms with Crippen LogP contribution in [0.4, 0.5) is 5.69 Å². The molecule has 2 aromatic rings. The van der Waals surface area contributed by atoms with E-state index >= 15 is 0 Å². The number of amides is 2. The molecule has 0 bridgehead atoms. The predicted molar refractivity (Wildman–Crippen MR) is 110 cm³/mol. The van der Waals surface area contributed by atoms with Gasteiger partial charge in [-0.1, -0.05) is 24.6 Å². The minimum Gasteiger partial charge on any atom is -0.495 e. The van der Waals surface area contributed by atoms with Crippen molar-refractivity contribution in [3.63, 3.8) is 0 Å². The van der Waals surface area contributed by atoms with E-state index in [1.54, 1.807) is 35.4 Å². The zero-order valence-corrected chi connectivity index (χ0v) is 17.2. The Balaban J connectivity index is 1.65. The van der Waals surface area contributed by atoms with E-state index in [9.17, 15) is 9.59 Å². The maximum Gasteiger partial charge on any atom is 0.227 e. The Morgan fingerprint density at radius 2 is 2.21 bits per heavy atom. The van der Waals surface area contributed by atoms with Crippen molar-refractivity contribution >= 4 is 29.1 Å². The van der Waals surface area contributed by atoms with Gasteiger partial charge in [-0.3, -0.25) is 9.59 Å². The second-order valence-corrected chi connectivity index (χ2v) is 7.19. The number of nitrogens with zero attached hydrogens (tertiary/aromatic N) is 2. The summed E-state index contributed by atoms with van der Waals surface area (Å²) in [6.07, 6.45) is 2.66. The smallest absolute Gasteiger partial charge is 0.227 e. The molecule has 0 saturated carbocycles. The Kier molecular flexibility index (Phi) is 6.93. The molecule has 2 amide bonds. The summed E-state index contributed by atoms with van der Waals surface area (Å²) in [6, 6.07) is 8.73. The molecule has 1 aromatic carbocycles. The molecule has 154 valence electrons. The molecule has 1 aliphatic heterocycles. The molecule has 1 aliphatic rings. The lowest BCUT2D eigenvalue weighted by Gasteiger charge is -2.20. The monoisotopic (exact) mass is 417 g/mol. The van der Waals surface area contributed by atoms with Gasteiger partial charge in [0.05, 0.1) is 25.3 Å². The number of pyridine rings is 1. The van der Waals surface area contributed by atoms with E-state index in [0.29, 0.717) is 28.9 Å². The highest BCUT2D eigenvalue weighted by molar-refractivity contribution is 6.31. The van der Waals surface area contributed by atoms with Gasteiger partial charge in [-0.05, 0) is 30.7 Å². The Hall–Kier alpha value is -2.80. The first kappa shape index (κ1) is 20.9. The van der Waals surface area contributed by atoms with Gasteiger partial charge in [0.25, 0.3) is 0 Å². The number of anilines is 1. The van der Waals surface area contributed by atoms with E-state index in [0.717, 1.165) is 12.0 Å². The van der Waals surface area contributed by atoms with Crippen molar-refractivity contribution in [2.75, 3.05) is 25.2 Å². The number of hydrogen-bond donors (Lipinski definition) is 1. The van der Waals surface area contributed by atoms with Gasteiger partial charge in [-0.25, -0.2) is 4.98 Å². The number of methoxy groups -OCH3 is 1. The van der Waals surface area contributed by atoms with Gasteiger partial charge in [0, 0.05) is 36.3 Å². The fraction of sp³-hybridized carbons (Fsp3) is 0.381. The molecule has 7 nitrogen and oxygen atoms in total. The van der Waals surface area contributed by atoms with Crippen LogP contribution in [0.3, 0.4) is 0 Å². The van der Waals surface area contributed by atoms with Crippen LogP contribution < -0.4 is 19.7 Å². The van der Waals surface area contributed by atoms with Gasteiger partial charge in [0.15, 0.2) is 0 Å². The number of hydrogen-bond acceptors (Lipinski definition) is 5. The summed E-state index contributed by atoms with van der Waals surface area (Å²) in [6.45, 7) is 3.14. The first-order valence-corrected chi connectivity index (χ1v) is 9.89. The minimum atomic E-state index is -0.456. The zero-order valence-electron chi connectivity index (χ0n) is 16.5. The van der Waals surface area contributed by atoms with Crippen LogP contribution in [-0.2, 0) is 16.1 Å². The quantitative estimate of drug-likeness (QED) is 0.713. The van der Waals surface area contributed by atoms with E-state index in [1.165, 1.54) is 7.11 Å². The minimum absolute atomic E-state index is 0.133. The number of ether oxygens (including phenoxy) is 2. The summed E-state index contributed by atoms with van der Waals surface area (Å²) in [5, 5.41) is 3.39. The van der Waals surface area contributed by atoms with Crippen molar-refractivity contribution in [3.05, 3.63) is 47.1 Å². The molecule has 3 rings (SSSR count). The highest BCUT2D eigenvalue weighted by atomic mass is 35.5. The lowest BCUT2D eigenvalue weighted by Crippen LogP contribution is -2.32. The number of halogens is 1. The first-order chi connectivity index (χ1) is 14.0. The number of carbonyl (C=O) groups is 2. The van der Waals surface area contributed by atoms with Crippen molar-refractivity contribution in [2.24, 2.45) is 5.92 Å². The van der Waals surface area contributed by atoms with Gasteiger partial charge >= 0.3 is 0 Å². The Morgan fingerprint density at radius 3 is 2.97 bits per heavy atom. The summed E-state index contributed by atoms with van der Waals surface area (Å²) in [4.78, 5) is 31.0. The van der Waals surface area contributed by atoms with Crippen LogP contribution in [0, 0.1) is 5.92 Å². The molecule has 1 aromatic heterocycles. The number of carbonyl (C=O) groups excluding carboxylic acids is 2. The van der Waals surface area contributed by atoms with Crippen LogP contribution in [0.25, 0.3) is 0 Å². The average molecular weight is 418 g/mol. The normalized spacial score (nSPS) is 16.0. The van der Waals surface area contributed by atoms with E-state index < -0.39 is 5.92 Å². The fourth-order valence-corrected chi connectivity index (χ4v) is 3.37. The van der Waals surface area contributed by atoms with Gasteiger partial charge in [-0.2, -0.15) is 0 Å². The van der Waals surface area contributed by atoms with Crippen molar-refractivity contribution in [2.45, 2.75) is 26.3 Å². The third-order valence-electron chi connectivity index (χ3n) is 4.67. The van der Waals surface area contributed by atoms with E-state index in [-0.39, 0.29) is 31.3 Å². The molecule has 1 saturated heterocycles. The summed E-state index contributed by atoms with van der Waals surface area (Å²) in [5.74, 6) is 0.272. The summed E-state index contributed by atoms with van der Waals surface area (Å²) in [7, 11) is 1.53. The molecule has 1 atom stereocenters. The number of nitrogens with one attached hydrogen (secondary N) is 1. The van der Waals surface area contributed by atoms with Crippen LogP contribution in [0.5, 0.6) is 11.6 Å². The highest BCUT2D eigenvalue weighted by Gasteiger charge is 2.36. The van der Waals surface area contributed by atoms with E-state index in [2.05, 4.69) is 10.3 Å². The zero-order chi connectivity index (χ0) is 20.8. The summed E-state index contributed by atoms with van der Waals surface area (Å²) >= 11 is 6.08. The molecule has 8 heteroatoms. The van der Waals surface area contributed by atoms with Crippen molar-refractivity contribution < 1.29 is 19.1 Å². The Labute approximate surface area is 175 Å². The van der Waals surface area contributed by atoms with E-state index in [1.807, 2.05) is 13.0 Å². The van der Waals surface area contributed by atoms with Crippen LogP contribution in [0.15, 0.2) is 36.5 Å². The van der Waals surface area contributed by atoms with E-state index in [4.69, 9.17) is 21.1 Å². The molecule has 2 heterocycles. The lowest BCUT2D eigenvalue weighted by molar-refractivity contribution is -0.126. The number of aromatic nitrogens is 1. The first-order valence-electron chi connectivity index (χ1n) is 9.51. The van der Waals surface area contributed by atoms with Gasteiger partial charge < -0.3 is 19.7 Å². The molecule has 1 N–H and O–H groups in total. The van der Waals surface area contributed by atoms with Gasteiger partial charge in [0.1, 0.15) is 5.75 Å². The maximum absolute atomic E-state index is 12.7. The molecule has 0 aliphatic carbocycles. The van der Waals surface area contributed by atoms with Crippen LogP contribution in [0.2, 0.25) is 5.02 Å². The molecule has 1 unspecified atom stereocenters. The van der Waals surface area contributed by atoms with Gasteiger partial charge in [0.2, 0.25) is 17.7 Å². The predicted octanol–water partition coefficient (Wildman–Crippen LogP) is 3.20. The second-order valence-electron chi connectivity index (χ2n) is 6.76. The van der Waals surface area contributed by atoms with Crippen molar-refractivity contribution in [1.29, 1.82) is 0 Å². The molecular weight excluding hydrogens is 394 g/mol. The van der Waals surface area contributed by atoms with Crippen LogP contribution in [-0.4, -0.2) is 37.1 Å². The third-order valence-corrected chi connectivity index (χ3v) is 4.91. The SMILES string of the molecule is CCCOc1ncccc1CNC(=O)C1CC(=O)N(c2cc(Cl)ccc2OC)C1. The van der Waals surface area contributed by atoms with Crippen LogP contribution in [0.1, 0.15) is 25.3 Å². The fourth-order valence-electron chi connectivity index (χ4n) is 3.20. The number of benzene rings is 1. The molecule has 0 radical (unpaired) electrons. The Bertz CT molecular complexity index is 890. The lowest BCUT2D eigenvalue weighted by atomic mass is 10.1. The third kappa shape index (κ3) is 4.98. The number of rotatable bonds is 8. The summed E-state index contributed by atoms with van der Waals surface area (Å²) in [5.41, 5.74) is 1.37. The molecule has 29 heavy (non-hydrogen) atoms. The summed E-state index contributed by atoms with van der Waals surface area (Å²) < 4.78 is 11.0. The standard InChI is InChI=1S/C21H24ClN3O4/c1-3-9-29-21-14(5-4-8-23-21)12-24-20(27)15-10-19(26)25(13-15)17-11-16(22)6-7-18(17)28-2/h4-8,11,15H,3,9-10,12-13H2,1-2H3,(H,24,27). The highest BCUT2D eigenvalue weighted by Crippen LogP contribution is 2.35. The van der Waals surface area contributed by atoms with Crippen molar-refractivity contribution in [3.8, 4) is 11.6 Å². The largest absolute Gasteiger partial charge is 0.495 e. The average Bonchev–Trinajstić information content (AvgIpc) is 3.12. The molecule has 1 fully saturated rings. The second kappa shape index (κ2) is 9.60.